The van der Waals surface area contributed by atoms with Crippen molar-refractivity contribution in [2.75, 3.05) is 37.7 Å². The van der Waals surface area contributed by atoms with Gasteiger partial charge in [-0.25, -0.2) is 4.98 Å². The van der Waals surface area contributed by atoms with E-state index in [0.717, 1.165) is 42.5 Å². The number of aryl methyl sites for hydroxylation is 1. The number of amides is 1. The van der Waals surface area contributed by atoms with Crippen LogP contribution in [0.1, 0.15) is 12.1 Å². The number of nitrogen functional groups attached to an aromatic ring is 1. The highest BCUT2D eigenvalue weighted by Crippen LogP contribution is 2.30. The number of nitrogens with one attached hydrogen (secondary N) is 1. The predicted octanol–water partition coefficient (Wildman–Crippen LogP) is 0.948. The molecule has 3 N–H and O–H groups in total. The monoisotopic (exact) mass is 286 g/mol. The number of rotatable bonds is 3. The molecule has 0 aliphatic carbocycles. The van der Waals surface area contributed by atoms with Crippen molar-refractivity contribution in [1.82, 2.24) is 15.2 Å². The number of nitrogens with two attached hydrogens (primary N) is 1. The van der Waals surface area contributed by atoms with Crippen molar-refractivity contribution in [2.45, 2.75) is 17.6 Å². The first-order valence-corrected chi connectivity index (χ1v) is 7.81. The Balaban J connectivity index is 1.85. The molecular weight excluding hydrogens is 268 g/mol. The summed E-state index contributed by atoms with van der Waals surface area (Å²) in [6.45, 7) is 5.49. The summed E-state index contributed by atoms with van der Waals surface area (Å²) in [5, 5.41) is 3.86. The first-order valence-electron chi connectivity index (χ1n) is 6.01. The van der Waals surface area contributed by atoms with E-state index in [1.165, 1.54) is 11.3 Å². The van der Waals surface area contributed by atoms with E-state index in [0.29, 0.717) is 10.9 Å². The molecule has 18 heavy (non-hydrogen) atoms. The van der Waals surface area contributed by atoms with Gasteiger partial charge in [0.2, 0.25) is 5.91 Å². The Kier molecular flexibility index (Phi) is 4.85. The lowest BCUT2D eigenvalue weighted by molar-refractivity contribution is -0.128. The molecule has 1 amide bonds. The summed E-state index contributed by atoms with van der Waals surface area (Å²) >= 11 is 2.99. The quantitative estimate of drug-likeness (QED) is 0.810. The lowest BCUT2D eigenvalue weighted by Crippen LogP contribution is -2.35. The van der Waals surface area contributed by atoms with Gasteiger partial charge in [0, 0.05) is 19.6 Å². The fourth-order valence-corrected chi connectivity index (χ4v) is 3.78. The summed E-state index contributed by atoms with van der Waals surface area (Å²) < 4.78 is 1.05. The van der Waals surface area contributed by atoms with Crippen molar-refractivity contribution >= 4 is 34.1 Å². The van der Waals surface area contributed by atoms with Gasteiger partial charge >= 0.3 is 0 Å². The van der Waals surface area contributed by atoms with Crippen LogP contribution in [0.4, 0.5) is 5.13 Å². The van der Waals surface area contributed by atoms with E-state index in [1.54, 1.807) is 11.8 Å². The zero-order valence-corrected chi connectivity index (χ0v) is 12.1. The Bertz CT molecular complexity index is 413. The van der Waals surface area contributed by atoms with Crippen molar-refractivity contribution in [1.29, 1.82) is 0 Å². The number of carbonyl (C=O) groups is 1. The fourth-order valence-electron chi connectivity index (χ4n) is 1.85. The molecule has 0 saturated carbocycles. The number of hydrogen-bond acceptors (Lipinski definition) is 6. The molecule has 0 radical (unpaired) electrons. The van der Waals surface area contributed by atoms with Gasteiger partial charge in [-0.3, -0.25) is 4.79 Å². The second-order valence-corrected chi connectivity index (χ2v) is 6.47. The lowest BCUT2D eigenvalue weighted by atomic mass is 10.4. The van der Waals surface area contributed by atoms with Gasteiger partial charge in [-0.2, -0.15) is 0 Å². The second kappa shape index (κ2) is 6.40. The van der Waals surface area contributed by atoms with E-state index >= 15 is 0 Å². The van der Waals surface area contributed by atoms with Crippen LogP contribution in [0.15, 0.2) is 4.21 Å². The molecule has 0 bridgehead atoms. The number of thioether (sulfide) groups is 1. The summed E-state index contributed by atoms with van der Waals surface area (Å²) in [6.07, 6.45) is 1.03. The highest BCUT2D eigenvalue weighted by atomic mass is 32.2. The van der Waals surface area contributed by atoms with Crippen LogP contribution in [0, 0.1) is 6.92 Å². The van der Waals surface area contributed by atoms with Crippen LogP contribution in [-0.2, 0) is 4.79 Å². The standard InChI is InChI=1S/C11H18N4OS2/c1-8-10(18-11(12)14-8)17-7-9(16)15-5-2-3-13-4-6-15/h13H,2-7H2,1H3,(H2,12,14). The molecule has 1 aliphatic rings. The van der Waals surface area contributed by atoms with E-state index < -0.39 is 0 Å². The van der Waals surface area contributed by atoms with E-state index in [1.807, 2.05) is 11.8 Å². The number of thiazole rings is 1. The number of anilines is 1. The lowest BCUT2D eigenvalue weighted by Gasteiger charge is -2.19. The predicted molar refractivity (Wildman–Crippen MR) is 76.1 cm³/mol. The zero-order chi connectivity index (χ0) is 13.0. The summed E-state index contributed by atoms with van der Waals surface area (Å²) in [7, 11) is 0. The average molecular weight is 286 g/mol. The van der Waals surface area contributed by atoms with Crippen LogP contribution in [0.25, 0.3) is 0 Å². The summed E-state index contributed by atoms with van der Waals surface area (Å²) in [4.78, 5) is 18.2. The highest BCUT2D eigenvalue weighted by molar-refractivity contribution is 8.01. The van der Waals surface area contributed by atoms with E-state index in [2.05, 4.69) is 10.3 Å². The second-order valence-electron chi connectivity index (χ2n) is 4.20. The van der Waals surface area contributed by atoms with Crippen molar-refractivity contribution in [3.05, 3.63) is 5.69 Å². The molecular formula is C11H18N4OS2. The van der Waals surface area contributed by atoms with Gasteiger partial charge in [0.1, 0.15) is 0 Å². The van der Waals surface area contributed by atoms with Gasteiger partial charge in [-0.1, -0.05) is 11.3 Å². The summed E-state index contributed by atoms with van der Waals surface area (Å²) in [5.74, 6) is 0.678. The van der Waals surface area contributed by atoms with Gasteiger partial charge in [0.05, 0.1) is 15.7 Å². The number of aromatic nitrogens is 1. The van der Waals surface area contributed by atoms with Crippen LogP contribution in [0.3, 0.4) is 0 Å². The molecule has 2 rings (SSSR count). The SMILES string of the molecule is Cc1nc(N)sc1SCC(=O)N1CCCNCC1. The molecule has 0 aromatic carbocycles. The largest absolute Gasteiger partial charge is 0.375 e. The molecule has 5 nitrogen and oxygen atoms in total. The van der Waals surface area contributed by atoms with E-state index in [-0.39, 0.29) is 5.91 Å². The number of nitrogens with zero attached hydrogens (tertiary/aromatic N) is 2. The van der Waals surface area contributed by atoms with E-state index in [9.17, 15) is 4.79 Å². The molecule has 1 saturated heterocycles. The zero-order valence-electron chi connectivity index (χ0n) is 10.4. The Morgan fingerprint density at radius 1 is 1.56 bits per heavy atom. The Morgan fingerprint density at radius 2 is 2.39 bits per heavy atom. The van der Waals surface area contributed by atoms with E-state index in [4.69, 9.17) is 5.73 Å². The van der Waals surface area contributed by atoms with Crippen LogP contribution in [-0.4, -0.2) is 47.7 Å². The van der Waals surface area contributed by atoms with Crippen molar-refractivity contribution in [3.63, 3.8) is 0 Å². The third-order valence-electron chi connectivity index (χ3n) is 2.79. The van der Waals surface area contributed by atoms with Gasteiger partial charge in [-0.15, -0.1) is 11.8 Å². The van der Waals surface area contributed by atoms with Crippen LogP contribution < -0.4 is 11.1 Å². The normalized spacial score (nSPS) is 16.6. The molecule has 1 aromatic rings. The third-order valence-corrected chi connectivity index (χ3v) is 5.12. The topological polar surface area (TPSA) is 71.2 Å². The van der Waals surface area contributed by atoms with Crippen molar-refractivity contribution in [3.8, 4) is 0 Å². The van der Waals surface area contributed by atoms with Crippen LogP contribution in [0.2, 0.25) is 0 Å². The first kappa shape index (κ1) is 13.6. The van der Waals surface area contributed by atoms with Gasteiger partial charge in [0.15, 0.2) is 5.13 Å². The molecule has 1 fully saturated rings. The van der Waals surface area contributed by atoms with Crippen molar-refractivity contribution in [2.24, 2.45) is 0 Å². The molecule has 100 valence electrons. The minimum Gasteiger partial charge on any atom is -0.375 e. The summed E-state index contributed by atoms with van der Waals surface area (Å²) in [6, 6.07) is 0. The smallest absolute Gasteiger partial charge is 0.233 e. The molecule has 7 heteroatoms. The van der Waals surface area contributed by atoms with Gasteiger partial charge < -0.3 is 16.0 Å². The molecule has 0 atom stereocenters. The Hall–Kier alpha value is -0.790. The molecule has 2 heterocycles. The minimum absolute atomic E-state index is 0.204. The van der Waals surface area contributed by atoms with Crippen LogP contribution >= 0.6 is 23.1 Å². The maximum Gasteiger partial charge on any atom is 0.233 e. The Labute approximate surface area is 115 Å². The first-order chi connectivity index (χ1) is 8.66. The fraction of sp³-hybridized carbons (Fsp3) is 0.636. The minimum atomic E-state index is 0.204. The molecule has 1 aliphatic heterocycles. The molecule has 0 unspecified atom stereocenters. The highest BCUT2D eigenvalue weighted by Gasteiger charge is 2.16. The van der Waals surface area contributed by atoms with Crippen LogP contribution in [0.5, 0.6) is 0 Å². The molecule has 0 spiro atoms. The maximum atomic E-state index is 12.1. The average Bonchev–Trinajstić information content (AvgIpc) is 2.59. The van der Waals surface area contributed by atoms with Gasteiger partial charge in [-0.05, 0) is 19.9 Å². The molecule has 1 aromatic heterocycles. The Morgan fingerprint density at radius 3 is 3.11 bits per heavy atom. The van der Waals surface area contributed by atoms with Crippen molar-refractivity contribution < 1.29 is 4.79 Å². The van der Waals surface area contributed by atoms with Gasteiger partial charge in [0.25, 0.3) is 0 Å². The maximum absolute atomic E-state index is 12.1. The summed E-state index contributed by atoms with van der Waals surface area (Å²) in [5.41, 5.74) is 6.56. The number of carbonyl (C=O) groups excluding carboxylic acids is 1. The number of hydrogen-bond donors (Lipinski definition) is 2. The third kappa shape index (κ3) is 3.60.